The van der Waals surface area contributed by atoms with Crippen molar-refractivity contribution in [1.29, 1.82) is 0 Å². The standard InChI is InChI=1S/C36H40BrN3O4S/c1-26(2)23-38-36(42)34(22-29-12-7-5-8-13-29)39(24-30-14-11-15-31(37)21-30)35(41)25-40(32-19-18-27(3)28(4)20-32)45(43,44)33-16-9-6-10-17-33/h5-21,26,34H,22-25H2,1-4H3,(H,38,42)/t34-/m1/s1. The molecule has 0 spiro atoms. The first-order valence-corrected chi connectivity index (χ1v) is 17.2. The maximum atomic E-state index is 14.5. The molecule has 2 amide bonds. The van der Waals surface area contributed by atoms with Crippen LogP contribution in [-0.4, -0.2) is 44.3 Å². The Morgan fingerprint density at radius 2 is 1.44 bits per heavy atom. The summed E-state index contributed by atoms with van der Waals surface area (Å²) in [4.78, 5) is 30.0. The van der Waals surface area contributed by atoms with Crippen LogP contribution in [0, 0.1) is 19.8 Å². The number of carbonyl (C=O) groups is 2. The lowest BCUT2D eigenvalue weighted by Crippen LogP contribution is -2.53. The Morgan fingerprint density at radius 1 is 0.800 bits per heavy atom. The lowest BCUT2D eigenvalue weighted by atomic mass is 10.0. The SMILES string of the molecule is Cc1ccc(N(CC(=O)N(Cc2cccc(Br)c2)[C@H](Cc2ccccc2)C(=O)NCC(C)C)S(=O)(=O)c2ccccc2)cc1C. The van der Waals surface area contributed by atoms with Crippen LogP contribution in [0.15, 0.2) is 112 Å². The van der Waals surface area contributed by atoms with Crippen LogP contribution in [0.5, 0.6) is 0 Å². The molecule has 0 aliphatic rings. The Bertz CT molecular complexity index is 1710. The monoisotopic (exact) mass is 689 g/mol. The van der Waals surface area contributed by atoms with Crippen LogP contribution in [0.4, 0.5) is 5.69 Å². The molecule has 0 unspecified atom stereocenters. The number of hydrogen-bond acceptors (Lipinski definition) is 4. The van der Waals surface area contributed by atoms with Gasteiger partial charge in [0.1, 0.15) is 12.6 Å². The summed E-state index contributed by atoms with van der Waals surface area (Å²) in [6.07, 6.45) is 0.263. The largest absolute Gasteiger partial charge is 0.354 e. The van der Waals surface area contributed by atoms with Crippen molar-refractivity contribution in [3.63, 3.8) is 0 Å². The summed E-state index contributed by atoms with van der Waals surface area (Å²) in [6.45, 7) is 7.93. The van der Waals surface area contributed by atoms with Gasteiger partial charge in [0.25, 0.3) is 10.0 Å². The van der Waals surface area contributed by atoms with Crippen molar-refractivity contribution in [3.8, 4) is 0 Å². The van der Waals surface area contributed by atoms with Gasteiger partial charge in [-0.2, -0.15) is 0 Å². The highest BCUT2D eigenvalue weighted by molar-refractivity contribution is 9.10. The van der Waals surface area contributed by atoms with Gasteiger partial charge in [-0.05, 0) is 78.4 Å². The third kappa shape index (κ3) is 9.05. The van der Waals surface area contributed by atoms with Crippen LogP contribution in [0.3, 0.4) is 0 Å². The molecule has 0 saturated carbocycles. The average Bonchev–Trinajstić information content (AvgIpc) is 3.02. The van der Waals surface area contributed by atoms with E-state index < -0.39 is 28.5 Å². The van der Waals surface area contributed by atoms with Crippen molar-refractivity contribution < 1.29 is 18.0 Å². The molecule has 45 heavy (non-hydrogen) atoms. The molecule has 0 aromatic heterocycles. The normalized spacial score (nSPS) is 12.0. The Balaban J connectivity index is 1.81. The zero-order valence-corrected chi connectivity index (χ0v) is 28.5. The lowest BCUT2D eigenvalue weighted by molar-refractivity contribution is -0.140. The van der Waals surface area contributed by atoms with Crippen molar-refractivity contribution in [1.82, 2.24) is 10.2 Å². The number of aryl methyl sites for hydroxylation is 2. The number of rotatable bonds is 13. The smallest absolute Gasteiger partial charge is 0.264 e. The van der Waals surface area contributed by atoms with Crippen molar-refractivity contribution in [2.75, 3.05) is 17.4 Å². The predicted molar refractivity (Wildman–Crippen MR) is 183 cm³/mol. The number of nitrogens with zero attached hydrogens (tertiary/aromatic N) is 2. The number of carbonyl (C=O) groups excluding carboxylic acids is 2. The summed E-state index contributed by atoms with van der Waals surface area (Å²) in [5.74, 6) is -0.579. The second kappa shape index (κ2) is 15.4. The Hall–Kier alpha value is -3.95. The van der Waals surface area contributed by atoms with E-state index in [0.717, 1.165) is 31.0 Å². The molecule has 0 bridgehead atoms. The molecule has 0 saturated heterocycles. The van der Waals surface area contributed by atoms with Crippen molar-refractivity contribution in [2.24, 2.45) is 5.92 Å². The molecule has 236 valence electrons. The van der Waals surface area contributed by atoms with Gasteiger partial charge < -0.3 is 10.2 Å². The van der Waals surface area contributed by atoms with E-state index in [1.165, 1.54) is 17.0 Å². The molecule has 0 heterocycles. The van der Waals surface area contributed by atoms with Crippen molar-refractivity contribution in [2.45, 2.75) is 51.6 Å². The molecular weight excluding hydrogens is 650 g/mol. The predicted octanol–water partition coefficient (Wildman–Crippen LogP) is 6.67. The minimum absolute atomic E-state index is 0.0741. The first-order chi connectivity index (χ1) is 21.5. The number of anilines is 1. The molecular formula is C36H40BrN3O4S. The van der Waals surface area contributed by atoms with E-state index >= 15 is 0 Å². The fraction of sp³-hybridized carbons (Fsp3) is 0.278. The van der Waals surface area contributed by atoms with Gasteiger partial charge in [0.05, 0.1) is 10.6 Å². The van der Waals surface area contributed by atoms with Gasteiger partial charge in [0, 0.05) is 24.0 Å². The molecule has 0 aliphatic carbocycles. The maximum Gasteiger partial charge on any atom is 0.264 e. The van der Waals surface area contributed by atoms with Gasteiger partial charge in [-0.1, -0.05) is 96.5 Å². The van der Waals surface area contributed by atoms with Crippen LogP contribution >= 0.6 is 15.9 Å². The van der Waals surface area contributed by atoms with Gasteiger partial charge in [-0.15, -0.1) is 0 Å². The quantitative estimate of drug-likeness (QED) is 0.170. The fourth-order valence-corrected chi connectivity index (χ4v) is 6.81. The summed E-state index contributed by atoms with van der Waals surface area (Å²) >= 11 is 3.51. The molecule has 4 aromatic carbocycles. The highest BCUT2D eigenvalue weighted by Crippen LogP contribution is 2.27. The number of sulfonamides is 1. The van der Waals surface area contributed by atoms with Crippen LogP contribution in [-0.2, 0) is 32.6 Å². The summed E-state index contributed by atoms with van der Waals surface area (Å²) in [5.41, 5.74) is 3.97. The molecule has 0 fully saturated rings. The second-order valence-electron chi connectivity index (χ2n) is 11.6. The minimum Gasteiger partial charge on any atom is -0.354 e. The first-order valence-electron chi connectivity index (χ1n) is 15.0. The van der Waals surface area contributed by atoms with Crippen molar-refractivity contribution in [3.05, 3.63) is 130 Å². The van der Waals surface area contributed by atoms with E-state index in [4.69, 9.17) is 0 Å². The number of benzene rings is 4. The van der Waals surface area contributed by atoms with E-state index in [-0.39, 0.29) is 29.7 Å². The summed E-state index contributed by atoms with van der Waals surface area (Å²) in [6, 6.07) is 29.6. The van der Waals surface area contributed by atoms with Crippen LogP contribution in [0.1, 0.15) is 36.1 Å². The van der Waals surface area contributed by atoms with Crippen LogP contribution in [0.2, 0.25) is 0 Å². The highest BCUT2D eigenvalue weighted by Gasteiger charge is 2.34. The maximum absolute atomic E-state index is 14.5. The first kappa shape index (κ1) is 33.9. The van der Waals surface area contributed by atoms with Gasteiger partial charge >= 0.3 is 0 Å². The zero-order valence-electron chi connectivity index (χ0n) is 26.1. The minimum atomic E-state index is -4.14. The molecule has 9 heteroatoms. The van der Waals surface area contributed by atoms with E-state index in [1.54, 1.807) is 30.3 Å². The number of halogens is 1. The van der Waals surface area contributed by atoms with Crippen molar-refractivity contribution >= 4 is 43.5 Å². The Labute approximate surface area is 275 Å². The van der Waals surface area contributed by atoms with Gasteiger partial charge in [-0.3, -0.25) is 13.9 Å². The average molecular weight is 691 g/mol. The molecule has 1 atom stereocenters. The van der Waals surface area contributed by atoms with Crippen LogP contribution < -0.4 is 9.62 Å². The van der Waals surface area contributed by atoms with E-state index in [9.17, 15) is 18.0 Å². The zero-order chi connectivity index (χ0) is 32.6. The second-order valence-corrected chi connectivity index (χ2v) is 14.4. The van der Waals surface area contributed by atoms with E-state index in [2.05, 4.69) is 21.2 Å². The molecule has 1 N–H and O–H groups in total. The van der Waals surface area contributed by atoms with Gasteiger partial charge in [0.2, 0.25) is 11.8 Å². The lowest BCUT2D eigenvalue weighted by Gasteiger charge is -2.34. The number of hydrogen-bond donors (Lipinski definition) is 1. The van der Waals surface area contributed by atoms with Gasteiger partial charge in [-0.25, -0.2) is 8.42 Å². The Morgan fingerprint density at radius 3 is 2.07 bits per heavy atom. The topological polar surface area (TPSA) is 86.8 Å². The summed E-state index contributed by atoms with van der Waals surface area (Å²) in [5, 5.41) is 3.02. The third-order valence-electron chi connectivity index (χ3n) is 7.59. The van der Waals surface area contributed by atoms with Crippen LogP contribution in [0.25, 0.3) is 0 Å². The number of nitrogens with one attached hydrogen (secondary N) is 1. The summed E-state index contributed by atoms with van der Waals surface area (Å²) in [7, 11) is -4.14. The van der Waals surface area contributed by atoms with E-state index in [1.807, 2.05) is 88.4 Å². The number of amides is 2. The van der Waals surface area contributed by atoms with Gasteiger partial charge in [0.15, 0.2) is 0 Å². The molecule has 4 rings (SSSR count). The molecule has 0 radical (unpaired) electrons. The fourth-order valence-electron chi connectivity index (χ4n) is 4.94. The molecule has 7 nitrogen and oxygen atoms in total. The molecule has 0 aliphatic heterocycles. The third-order valence-corrected chi connectivity index (χ3v) is 9.87. The molecule has 4 aromatic rings. The highest BCUT2D eigenvalue weighted by atomic mass is 79.9. The van der Waals surface area contributed by atoms with E-state index in [0.29, 0.717) is 12.2 Å². The Kier molecular flexibility index (Phi) is 11.6. The summed E-state index contributed by atoms with van der Waals surface area (Å²) < 4.78 is 30.2.